The summed E-state index contributed by atoms with van der Waals surface area (Å²) in [7, 11) is 0. The minimum atomic E-state index is 0.0563. The van der Waals surface area contributed by atoms with Crippen molar-refractivity contribution < 1.29 is 4.79 Å². The van der Waals surface area contributed by atoms with E-state index in [9.17, 15) is 4.79 Å². The van der Waals surface area contributed by atoms with E-state index >= 15 is 0 Å². The maximum Gasteiger partial charge on any atom is 0.220 e. The van der Waals surface area contributed by atoms with Gasteiger partial charge in [0.05, 0.1) is 12.6 Å². The summed E-state index contributed by atoms with van der Waals surface area (Å²) in [6.07, 6.45) is 1.11. The molecule has 0 saturated heterocycles. The van der Waals surface area contributed by atoms with Gasteiger partial charge in [0.25, 0.3) is 0 Å². The van der Waals surface area contributed by atoms with Crippen molar-refractivity contribution in [1.82, 2.24) is 30.4 Å². The van der Waals surface area contributed by atoms with Crippen molar-refractivity contribution in [2.75, 3.05) is 19.6 Å². The van der Waals surface area contributed by atoms with E-state index < -0.39 is 0 Å². The molecule has 2 heterocycles. The van der Waals surface area contributed by atoms with Crippen molar-refractivity contribution in [3.63, 3.8) is 0 Å². The van der Waals surface area contributed by atoms with Gasteiger partial charge in [0.2, 0.25) is 11.7 Å². The van der Waals surface area contributed by atoms with Crippen LogP contribution in [0.15, 0.2) is 47.2 Å². The van der Waals surface area contributed by atoms with Crippen LogP contribution in [0.1, 0.15) is 38.3 Å². The van der Waals surface area contributed by atoms with Crippen LogP contribution in [-0.2, 0) is 11.3 Å². The molecule has 0 fully saturated rings. The Kier molecular flexibility index (Phi) is 7.89. The highest BCUT2D eigenvalue weighted by Crippen LogP contribution is 2.22. The van der Waals surface area contributed by atoms with Crippen LogP contribution < -0.4 is 5.32 Å². The molecule has 7 nitrogen and oxygen atoms in total. The smallest absolute Gasteiger partial charge is 0.220 e. The monoisotopic (exact) mass is 412 g/mol. The number of carbonyl (C=O) groups excluding carboxylic acids is 1. The maximum absolute atomic E-state index is 12.3. The van der Waals surface area contributed by atoms with E-state index in [1.54, 1.807) is 16.1 Å². The van der Waals surface area contributed by atoms with Gasteiger partial charge in [-0.2, -0.15) is 16.1 Å². The number of carbonyl (C=O) groups is 1. The number of hydrogen-bond donors (Lipinski definition) is 1. The zero-order valence-electron chi connectivity index (χ0n) is 17.0. The van der Waals surface area contributed by atoms with Crippen LogP contribution in [0.2, 0.25) is 0 Å². The molecule has 0 aliphatic heterocycles. The van der Waals surface area contributed by atoms with Crippen molar-refractivity contribution in [3.05, 3.63) is 52.7 Å². The predicted molar refractivity (Wildman–Crippen MR) is 115 cm³/mol. The molecule has 2 aromatic heterocycles. The lowest BCUT2D eigenvalue weighted by atomic mass is 10.1. The van der Waals surface area contributed by atoms with Gasteiger partial charge >= 0.3 is 0 Å². The topological polar surface area (TPSA) is 75.9 Å². The molecule has 0 saturated carbocycles. The molecule has 8 heteroatoms. The van der Waals surface area contributed by atoms with Crippen molar-refractivity contribution in [2.24, 2.45) is 0 Å². The molecule has 1 unspecified atom stereocenters. The van der Waals surface area contributed by atoms with E-state index in [0.717, 1.165) is 18.7 Å². The third-order valence-corrected chi connectivity index (χ3v) is 5.62. The minimum Gasteiger partial charge on any atom is -0.354 e. The van der Waals surface area contributed by atoms with Crippen LogP contribution in [0.4, 0.5) is 0 Å². The van der Waals surface area contributed by atoms with Crippen LogP contribution in [0.25, 0.3) is 11.4 Å². The molecule has 29 heavy (non-hydrogen) atoms. The first-order chi connectivity index (χ1) is 14.2. The second-order valence-corrected chi connectivity index (χ2v) is 7.56. The number of aryl methyl sites for hydroxylation is 1. The average molecular weight is 413 g/mol. The number of rotatable bonds is 11. The lowest BCUT2D eigenvalue weighted by molar-refractivity contribution is -0.121. The van der Waals surface area contributed by atoms with Crippen molar-refractivity contribution in [2.45, 2.75) is 39.3 Å². The molecular formula is C21H28N6OS. The Labute approximate surface area is 175 Å². The standard InChI is InChI=1S/C21H28N6OS/c1-3-26(4-2)19(18-12-14-29-16-18)15-22-20(28)11-8-13-27-24-21(23-25-27)17-9-6-5-7-10-17/h5-7,9-10,12,14,16,19H,3-4,8,11,13,15H2,1-2H3,(H,22,28). The molecule has 1 N–H and O–H groups in total. The summed E-state index contributed by atoms with van der Waals surface area (Å²) >= 11 is 1.69. The molecule has 3 aromatic rings. The molecule has 1 aromatic carbocycles. The molecule has 1 amide bonds. The molecule has 1 atom stereocenters. The van der Waals surface area contributed by atoms with Crippen molar-refractivity contribution in [1.29, 1.82) is 0 Å². The maximum atomic E-state index is 12.3. The van der Waals surface area contributed by atoms with Gasteiger partial charge in [-0.3, -0.25) is 9.69 Å². The van der Waals surface area contributed by atoms with Gasteiger partial charge in [0, 0.05) is 18.5 Å². The lowest BCUT2D eigenvalue weighted by Gasteiger charge is -2.29. The zero-order chi connectivity index (χ0) is 20.5. The second kappa shape index (κ2) is 10.8. The van der Waals surface area contributed by atoms with Gasteiger partial charge < -0.3 is 5.32 Å². The van der Waals surface area contributed by atoms with Gasteiger partial charge in [-0.25, -0.2) is 0 Å². The Hall–Kier alpha value is -2.58. The van der Waals surface area contributed by atoms with E-state index in [-0.39, 0.29) is 11.9 Å². The fraction of sp³-hybridized carbons (Fsp3) is 0.429. The number of tetrazole rings is 1. The quantitative estimate of drug-likeness (QED) is 0.522. The first-order valence-corrected chi connectivity index (χ1v) is 11.0. The second-order valence-electron chi connectivity index (χ2n) is 6.78. The number of hydrogen-bond acceptors (Lipinski definition) is 6. The van der Waals surface area contributed by atoms with Crippen molar-refractivity contribution >= 4 is 17.2 Å². The summed E-state index contributed by atoms with van der Waals surface area (Å²) in [5.41, 5.74) is 2.20. The number of nitrogens with zero attached hydrogens (tertiary/aromatic N) is 5. The molecule has 0 aliphatic carbocycles. The van der Waals surface area contributed by atoms with E-state index in [0.29, 0.717) is 31.8 Å². The number of benzene rings is 1. The zero-order valence-corrected chi connectivity index (χ0v) is 17.8. The Bertz CT molecular complexity index is 860. The predicted octanol–water partition coefficient (Wildman–Crippen LogP) is 3.38. The van der Waals surface area contributed by atoms with Gasteiger partial charge in [0.15, 0.2) is 0 Å². The van der Waals surface area contributed by atoms with E-state index in [2.05, 4.69) is 56.3 Å². The Morgan fingerprint density at radius 1 is 1.21 bits per heavy atom. The third-order valence-electron chi connectivity index (χ3n) is 4.92. The minimum absolute atomic E-state index is 0.0563. The summed E-state index contributed by atoms with van der Waals surface area (Å²) in [5, 5.41) is 19.9. The fourth-order valence-corrected chi connectivity index (χ4v) is 4.01. The molecule has 0 radical (unpaired) electrons. The van der Waals surface area contributed by atoms with Gasteiger partial charge in [0.1, 0.15) is 0 Å². The molecule has 0 spiro atoms. The summed E-state index contributed by atoms with van der Waals surface area (Å²) in [5.74, 6) is 0.661. The summed E-state index contributed by atoms with van der Waals surface area (Å²) in [6.45, 7) is 7.40. The van der Waals surface area contributed by atoms with Crippen LogP contribution in [-0.4, -0.2) is 50.6 Å². The number of thiophene rings is 1. The van der Waals surface area contributed by atoms with Crippen LogP contribution in [0.3, 0.4) is 0 Å². The van der Waals surface area contributed by atoms with Gasteiger partial charge in [-0.05, 0) is 47.1 Å². The van der Waals surface area contributed by atoms with E-state index in [4.69, 9.17) is 0 Å². The van der Waals surface area contributed by atoms with Crippen molar-refractivity contribution in [3.8, 4) is 11.4 Å². The Morgan fingerprint density at radius 2 is 2.00 bits per heavy atom. The van der Waals surface area contributed by atoms with Crippen LogP contribution >= 0.6 is 11.3 Å². The van der Waals surface area contributed by atoms with Crippen LogP contribution in [0, 0.1) is 0 Å². The first-order valence-electron chi connectivity index (χ1n) is 10.1. The number of likely N-dealkylation sites (N-methyl/N-ethyl adjacent to an activating group) is 1. The fourth-order valence-electron chi connectivity index (χ4n) is 3.31. The highest BCUT2D eigenvalue weighted by Gasteiger charge is 2.19. The molecular weight excluding hydrogens is 384 g/mol. The highest BCUT2D eigenvalue weighted by molar-refractivity contribution is 7.07. The largest absolute Gasteiger partial charge is 0.354 e. The number of amides is 1. The molecule has 154 valence electrons. The SMILES string of the molecule is CCN(CC)C(CNC(=O)CCCn1nnc(-c2ccccc2)n1)c1ccsc1. The molecule has 0 bridgehead atoms. The van der Waals surface area contributed by atoms with Gasteiger partial charge in [-0.15, -0.1) is 10.2 Å². The first kappa shape index (κ1) is 21.1. The Morgan fingerprint density at radius 3 is 2.69 bits per heavy atom. The molecule has 0 aliphatic rings. The molecule has 3 rings (SSSR count). The lowest BCUT2D eigenvalue weighted by Crippen LogP contribution is -2.37. The van der Waals surface area contributed by atoms with Gasteiger partial charge in [-0.1, -0.05) is 44.2 Å². The number of nitrogens with one attached hydrogen (secondary N) is 1. The summed E-state index contributed by atoms with van der Waals surface area (Å²) < 4.78 is 0. The summed E-state index contributed by atoms with van der Waals surface area (Å²) in [6, 6.07) is 12.1. The highest BCUT2D eigenvalue weighted by atomic mass is 32.1. The average Bonchev–Trinajstić information content (AvgIpc) is 3.44. The van der Waals surface area contributed by atoms with E-state index in [1.165, 1.54) is 5.56 Å². The van der Waals surface area contributed by atoms with E-state index in [1.807, 2.05) is 30.3 Å². The normalized spacial score (nSPS) is 12.2. The Balaban J connectivity index is 1.45. The third kappa shape index (κ3) is 5.95. The van der Waals surface area contributed by atoms with Crippen LogP contribution in [0.5, 0.6) is 0 Å². The summed E-state index contributed by atoms with van der Waals surface area (Å²) in [4.78, 5) is 16.3. The number of aromatic nitrogens is 4.